The number of carboxylic acids is 1. The molecule has 0 bridgehead atoms. The molecule has 0 unspecified atom stereocenters. The van der Waals surface area contributed by atoms with Gasteiger partial charge in [0.2, 0.25) is 0 Å². The van der Waals surface area contributed by atoms with E-state index < -0.39 is 11.4 Å². The SMILES string of the molecule is CCCCC(C)(C)C(=O)O.[Hg][c]1ccccc1. The van der Waals surface area contributed by atoms with E-state index in [1.807, 2.05) is 0 Å². The Hall–Kier alpha value is -0.375. The quantitative estimate of drug-likeness (QED) is 0.758. The van der Waals surface area contributed by atoms with Gasteiger partial charge in [-0.05, 0) is 20.3 Å². The minimum atomic E-state index is -0.694. The van der Waals surface area contributed by atoms with E-state index in [-0.39, 0.29) is 0 Å². The van der Waals surface area contributed by atoms with Crippen molar-refractivity contribution in [1.29, 1.82) is 0 Å². The number of hydrogen-bond donors (Lipinski definition) is 1. The van der Waals surface area contributed by atoms with Crippen molar-refractivity contribution in [3.8, 4) is 0 Å². The van der Waals surface area contributed by atoms with Gasteiger partial charge in [-0.15, -0.1) is 0 Å². The van der Waals surface area contributed by atoms with E-state index in [0.717, 1.165) is 45.4 Å². The van der Waals surface area contributed by atoms with E-state index in [0.29, 0.717) is 0 Å². The van der Waals surface area contributed by atoms with Crippen molar-refractivity contribution in [2.45, 2.75) is 40.0 Å². The second-order valence-corrected chi connectivity index (χ2v) is 7.95. The molecule has 0 amide bonds. The zero-order chi connectivity index (χ0) is 13.3. The van der Waals surface area contributed by atoms with E-state index in [9.17, 15) is 4.79 Å². The van der Waals surface area contributed by atoms with Gasteiger partial charge in [0, 0.05) is 0 Å². The third-order valence-corrected chi connectivity index (χ3v) is 4.41. The Labute approximate surface area is 120 Å². The summed E-state index contributed by atoms with van der Waals surface area (Å²) in [5.74, 6) is -0.694. The first-order chi connectivity index (χ1) is 7.90. The molecule has 0 saturated heterocycles. The monoisotopic (exact) mass is 423 g/mol. The van der Waals surface area contributed by atoms with Crippen molar-refractivity contribution >= 4 is 9.04 Å². The summed E-state index contributed by atoms with van der Waals surface area (Å²) in [6.45, 7) is 5.61. The summed E-state index contributed by atoms with van der Waals surface area (Å²) in [6, 6.07) is 10.6. The van der Waals surface area contributed by atoms with E-state index in [4.69, 9.17) is 5.11 Å². The summed E-state index contributed by atoms with van der Waals surface area (Å²) < 4.78 is 1.52. The van der Waals surface area contributed by atoms with Crippen LogP contribution in [-0.2, 0) is 30.9 Å². The first-order valence-corrected chi connectivity index (χ1v) is 8.75. The van der Waals surface area contributed by atoms with Gasteiger partial charge in [0.05, 0.1) is 5.41 Å². The number of rotatable bonds is 4. The fourth-order valence-corrected chi connectivity index (χ4v) is 2.26. The van der Waals surface area contributed by atoms with Crippen LogP contribution in [0.4, 0.5) is 0 Å². The number of aliphatic carboxylic acids is 1. The normalized spacial score (nSPS) is 10.4. The van der Waals surface area contributed by atoms with Crippen molar-refractivity contribution in [2.75, 3.05) is 0 Å². The molecule has 0 saturated carbocycles. The van der Waals surface area contributed by atoms with Gasteiger partial charge in [0.1, 0.15) is 0 Å². The van der Waals surface area contributed by atoms with E-state index in [1.165, 1.54) is 3.07 Å². The Morgan fingerprint density at radius 1 is 1.29 bits per heavy atom. The molecule has 91 valence electrons. The molecule has 0 aromatic heterocycles. The maximum absolute atomic E-state index is 10.5. The molecule has 17 heavy (non-hydrogen) atoms. The fraction of sp³-hybridized carbons (Fsp3) is 0.500. The number of benzene rings is 1. The van der Waals surface area contributed by atoms with Gasteiger partial charge in [0.25, 0.3) is 0 Å². The molecule has 0 aliphatic carbocycles. The molecule has 0 heterocycles. The van der Waals surface area contributed by atoms with Crippen LogP contribution < -0.4 is 3.07 Å². The Balaban J connectivity index is 0.000000318. The molecule has 1 rings (SSSR count). The Bertz CT molecular complexity index is 320. The Kier molecular flexibility index (Phi) is 8.49. The van der Waals surface area contributed by atoms with Crippen LogP contribution in [0.5, 0.6) is 0 Å². The van der Waals surface area contributed by atoms with Crippen molar-refractivity contribution < 1.29 is 36.0 Å². The zero-order valence-electron chi connectivity index (χ0n) is 11.1. The van der Waals surface area contributed by atoms with Crippen molar-refractivity contribution in [1.82, 2.24) is 0 Å². The molecule has 1 aromatic carbocycles. The predicted molar refractivity (Wildman–Crippen MR) is 67.0 cm³/mol. The fourth-order valence-electron chi connectivity index (χ4n) is 1.20. The van der Waals surface area contributed by atoms with Gasteiger partial charge >= 0.3 is 65.5 Å². The van der Waals surface area contributed by atoms with Crippen LogP contribution in [-0.4, -0.2) is 11.1 Å². The first kappa shape index (κ1) is 16.6. The van der Waals surface area contributed by atoms with Gasteiger partial charge < -0.3 is 5.11 Å². The molecule has 0 radical (unpaired) electrons. The topological polar surface area (TPSA) is 37.3 Å². The van der Waals surface area contributed by atoms with Gasteiger partial charge in [0.15, 0.2) is 0 Å². The number of unbranched alkanes of at least 4 members (excludes halogenated alkanes) is 1. The minimum absolute atomic E-state index is 0.532. The van der Waals surface area contributed by atoms with E-state index in [1.54, 1.807) is 13.8 Å². The third-order valence-electron chi connectivity index (χ3n) is 2.58. The zero-order valence-corrected chi connectivity index (χ0v) is 16.6. The van der Waals surface area contributed by atoms with Gasteiger partial charge in [-0.3, -0.25) is 4.79 Å². The summed E-state index contributed by atoms with van der Waals surface area (Å²) in [7, 11) is 0. The molecule has 3 heteroatoms. The molecular formula is C14H21HgO2. The third kappa shape index (κ3) is 8.36. The molecule has 1 N–H and O–H groups in total. The summed E-state index contributed by atoms with van der Waals surface area (Å²) in [5, 5.41) is 8.67. The molecule has 0 fully saturated rings. The van der Waals surface area contributed by atoms with Crippen LogP contribution in [0.25, 0.3) is 0 Å². The second kappa shape index (κ2) is 8.68. The van der Waals surface area contributed by atoms with Crippen LogP contribution >= 0.6 is 0 Å². The molecule has 0 spiro atoms. The molecule has 0 atom stereocenters. The Morgan fingerprint density at radius 3 is 2.12 bits per heavy atom. The predicted octanol–water partition coefficient (Wildman–Crippen LogP) is 3.15. The van der Waals surface area contributed by atoms with Crippen LogP contribution in [0.15, 0.2) is 30.3 Å². The van der Waals surface area contributed by atoms with Crippen LogP contribution in [0, 0.1) is 5.41 Å². The van der Waals surface area contributed by atoms with Crippen LogP contribution in [0.3, 0.4) is 0 Å². The molecular weight excluding hydrogens is 401 g/mol. The Morgan fingerprint density at radius 2 is 1.82 bits per heavy atom. The summed E-state index contributed by atoms with van der Waals surface area (Å²) >= 11 is 0.810. The summed E-state index contributed by atoms with van der Waals surface area (Å²) in [6.07, 6.45) is 2.84. The first-order valence-electron chi connectivity index (χ1n) is 6.00. The molecule has 1 aromatic rings. The van der Waals surface area contributed by atoms with Gasteiger partial charge in [-0.1, -0.05) is 19.8 Å². The summed E-state index contributed by atoms with van der Waals surface area (Å²) in [4.78, 5) is 10.5. The maximum atomic E-state index is 10.5. The number of hydrogen-bond acceptors (Lipinski definition) is 1. The van der Waals surface area contributed by atoms with Crippen LogP contribution in [0.1, 0.15) is 40.0 Å². The van der Waals surface area contributed by atoms with E-state index in [2.05, 4.69) is 37.3 Å². The molecule has 2 nitrogen and oxygen atoms in total. The van der Waals surface area contributed by atoms with Crippen molar-refractivity contribution in [3.63, 3.8) is 0 Å². The average Bonchev–Trinajstić information content (AvgIpc) is 2.28. The number of carbonyl (C=O) groups is 1. The standard InChI is InChI=1S/C8H16O2.C6H5.Hg/c1-4-5-6-8(2,3)7(9)10;1-2-4-6-5-3-1;/h4-6H2,1-3H3,(H,9,10);1-5H;. The molecule has 0 aliphatic rings. The van der Waals surface area contributed by atoms with Crippen LogP contribution in [0.2, 0.25) is 0 Å². The van der Waals surface area contributed by atoms with Gasteiger partial charge in [-0.25, -0.2) is 0 Å². The van der Waals surface area contributed by atoms with Crippen molar-refractivity contribution in [2.24, 2.45) is 5.41 Å². The number of carboxylic acid groups (broad SMARTS) is 1. The molecule has 0 aliphatic heterocycles. The van der Waals surface area contributed by atoms with Gasteiger partial charge in [-0.2, -0.15) is 0 Å². The summed E-state index contributed by atoms with van der Waals surface area (Å²) in [5.41, 5.74) is -0.532. The average molecular weight is 422 g/mol. The van der Waals surface area contributed by atoms with Crippen molar-refractivity contribution in [3.05, 3.63) is 30.3 Å². The second-order valence-electron chi connectivity index (χ2n) is 4.78. The van der Waals surface area contributed by atoms with E-state index >= 15 is 0 Å².